The highest BCUT2D eigenvalue weighted by Gasteiger charge is 2.37. The fourth-order valence-electron chi connectivity index (χ4n) is 4.97. The average Bonchev–Trinajstić information content (AvgIpc) is 3.43. The van der Waals surface area contributed by atoms with Gasteiger partial charge in [-0.05, 0) is 65.1 Å². The standard InChI is InChI=1S/C33H33FN2O4/c1-33(2,3)32(38)36-17-16-23-12-13-26(19-28(23)30(36)24-10-7-11-25(34)18-24)39-21-27-14-15-29(40-27)31(37)35-20-22-8-5-4-6-9-22/h4-15,18-19,30H,16-17,20-21H2,1-3H3,(H,35,37)/t30-/m1/s1. The summed E-state index contributed by atoms with van der Waals surface area (Å²) in [4.78, 5) is 27.8. The lowest BCUT2D eigenvalue weighted by Gasteiger charge is -2.41. The van der Waals surface area contributed by atoms with Gasteiger partial charge in [-0.1, -0.05) is 69.3 Å². The second kappa shape index (κ2) is 11.4. The van der Waals surface area contributed by atoms with E-state index >= 15 is 0 Å². The summed E-state index contributed by atoms with van der Waals surface area (Å²) in [7, 11) is 0. The Hall–Kier alpha value is -4.39. The van der Waals surface area contributed by atoms with E-state index in [0.29, 0.717) is 36.6 Å². The van der Waals surface area contributed by atoms with Gasteiger partial charge in [0.15, 0.2) is 5.76 Å². The molecule has 206 valence electrons. The number of amides is 2. The Bertz CT molecular complexity index is 1510. The highest BCUT2D eigenvalue weighted by molar-refractivity contribution is 5.91. The number of hydrogen-bond donors (Lipinski definition) is 1. The van der Waals surface area contributed by atoms with Crippen molar-refractivity contribution in [2.24, 2.45) is 5.41 Å². The lowest BCUT2D eigenvalue weighted by Crippen LogP contribution is -2.45. The van der Waals surface area contributed by atoms with Crippen molar-refractivity contribution in [3.63, 3.8) is 0 Å². The second-order valence-electron chi connectivity index (χ2n) is 11.0. The molecule has 2 heterocycles. The highest BCUT2D eigenvalue weighted by Crippen LogP contribution is 2.39. The van der Waals surface area contributed by atoms with Crippen molar-refractivity contribution in [3.8, 4) is 5.75 Å². The van der Waals surface area contributed by atoms with Gasteiger partial charge in [0.1, 0.15) is 23.9 Å². The van der Waals surface area contributed by atoms with E-state index in [9.17, 15) is 14.0 Å². The number of nitrogens with one attached hydrogen (secondary N) is 1. The smallest absolute Gasteiger partial charge is 0.287 e. The third-order valence-electron chi connectivity index (χ3n) is 6.97. The molecule has 1 aromatic heterocycles. The largest absolute Gasteiger partial charge is 0.486 e. The van der Waals surface area contributed by atoms with E-state index in [2.05, 4.69) is 5.32 Å². The predicted molar refractivity (Wildman–Crippen MR) is 150 cm³/mol. The van der Waals surface area contributed by atoms with Gasteiger partial charge >= 0.3 is 0 Å². The van der Waals surface area contributed by atoms with Crippen LogP contribution in [0.5, 0.6) is 5.75 Å². The van der Waals surface area contributed by atoms with Gasteiger partial charge in [-0.2, -0.15) is 0 Å². The zero-order valence-electron chi connectivity index (χ0n) is 22.9. The zero-order chi connectivity index (χ0) is 28.3. The lowest BCUT2D eigenvalue weighted by atomic mass is 9.85. The summed E-state index contributed by atoms with van der Waals surface area (Å²) in [5.41, 5.74) is 3.13. The Morgan fingerprint density at radius 1 is 1.00 bits per heavy atom. The number of furan rings is 1. The molecule has 7 heteroatoms. The van der Waals surface area contributed by atoms with Crippen molar-refractivity contribution in [3.05, 3.63) is 125 Å². The maximum Gasteiger partial charge on any atom is 0.287 e. The van der Waals surface area contributed by atoms with Gasteiger partial charge in [0, 0.05) is 18.5 Å². The van der Waals surface area contributed by atoms with Gasteiger partial charge < -0.3 is 19.4 Å². The Balaban J connectivity index is 1.33. The number of nitrogens with zero attached hydrogens (tertiary/aromatic N) is 1. The van der Waals surface area contributed by atoms with Gasteiger partial charge in [0.05, 0.1) is 6.04 Å². The zero-order valence-corrected chi connectivity index (χ0v) is 22.9. The normalized spacial score (nSPS) is 14.9. The number of rotatable bonds is 7. The van der Waals surface area contributed by atoms with Crippen LogP contribution in [0, 0.1) is 11.2 Å². The third kappa shape index (κ3) is 6.09. The Kier molecular flexibility index (Phi) is 7.74. The SMILES string of the molecule is CC(C)(C)C(=O)N1CCc2ccc(OCc3ccc(C(=O)NCc4ccccc4)o3)cc2[C@H]1c1cccc(F)c1. The van der Waals surface area contributed by atoms with Crippen LogP contribution in [0.1, 0.15) is 65.4 Å². The van der Waals surface area contributed by atoms with Crippen LogP contribution in [0.15, 0.2) is 89.3 Å². The number of halogens is 1. The van der Waals surface area contributed by atoms with E-state index in [1.54, 1.807) is 18.2 Å². The molecule has 2 amide bonds. The molecule has 1 aliphatic rings. The molecule has 40 heavy (non-hydrogen) atoms. The van der Waals surface area contributed by atoms with E-state index < -0.39 is 11.5 Å². The Labute approximate surface area is 233 Å². The third-order valence-corrected chi connectivity index (χ3v) is 6.97. The van der Waals surface area contributed by atoms with E-state index in [1.165, 1.54) is 12.1 Å². The number of benzene rings is 3. The minimum Gasteiger partial charge on any atom is -0.486 e. The molecule has 1 N–H and O–H groups in total. The van der Waals surface area contributed by atoms with Gasteiger partial charge in [-0.3, -0.25) is 9.59 Å². The minimum absolute atomic E-state index is 0.00684. The Morgan fingerprint density at radius 3 is 2.55 bits per heavy atom. The molecule has 6 nitrogen and oxygen atoms in total. The first-order valence-corrected chi connectivity index (χ1v) is 13.4. The molecule has 0 bridgehead atoms. The van der Waals surface area contributed by atoms with Crippen LogP contribution in [-0.2, 0) is 24.4 Å². The number of carbonyl (C=O) groups is 2. The summed E-state index contributed by atoms with van der Waals surface area (Å²) < 4.78 is 26.0. The number of carbonyl (C=O) groups excluding carboxylic acids is 2. The molecule has 1 aliphatic heterocycles. The highest BCUT2D eigenvalue weighted by atomic mass is 19.1. The van der Waals surface area contributed by atoms with Gasteiger partial charge in [-0.15, -0.1) is 0 Å². The Morgan fingerprint density at radius 2 is 1.80 bits per heavy atom. The first-order valence-electron chi connectivity index (χ1n) is 13.4. The molecular formula is C33H33FN2O4. The summed E-state index contributed by atoms with van der Waals surface area (Å²) >= 11 is 0. The second-order valence-corrected chi connectivity index (χ2v) is 11.0. The molecule has 1 atom stereocenters. The number of fused-ring (bicyclic) bond motifs is 1. The average molecular weight is 541 g/mol. The van der Waals surface area contributed by atoms with Crippen molar-refractivity contribution in [1.29, 1.82) is 0 Å². The molecule has 0 saturated carbocycles. The molecular weight excluding hydrogens is 507 g/mol. The quantitative estimate of drug-likeness (QED) is 0.293. The fraction of sp³-hybridized carbons (Fsp3) is 0.273. The van der Waals surface area contributed by atoms with Gasteiger partial charge in [0.25, 0.3) is 5.91 Å². The van der Waals surface area contributed by atoms with E-state index in [-0.39, 0.29) is 30.0 Å². The minimum atomic E-state index is -0.582. The molecule has 0 unspecified atom stereocenters. The summed E-state index contributed by atoms with van der Waals surface area (Å²) in [5.74, 6) is 0.674. The molecule has 0 saturated heterocycles. The van der Waals surface area contributed by atoms with Crippen molar-refractivity contribution >= 4 is 11.8 Å². The van der Waals surface area contributed by atoms with Gasteiger partial charge in [0.2, 0.25) is 5.91 Å². The van der Waals surface area contributed by atoms with Crippen LogP contribution in [-0.4, -0.2) is 23.3 Å². The van der Waals surface area contributed by atoms with Crippen LogP contribution in [0.4, 0.5) is 4.39 Å². The van der Waals surface area contributed by atoms with Crippen LogP contribution >= 0.6 is 0 Å². The fourth-order valence-corrected chi connectivity index (χ4v) is 4.97. The summed E-state index contributed by atoms with van der Waals surface area (Å²) in [5, 5.41) is 2.85. The molecule has 5 rings (SSSR count). The lowest BCUT2D eigenvalue weighted by molar-refractivity contribution is -0.141. The molecule has 3 aromatic carbocycles. The van der Waals surface area contributed by atoms with E-state index in [0.717, 1.165) is 16.7 Å². The first-order chi connectivity index (χ1) is 19.2. The molecule has 0 fully saturated rings. The molecule has 0 spiro atoms. The van der Waals surface area contributed by atoms with Crippen molar-refractivity contribution in [1.82, 2.24) is 10.2 Å². The van der Waals surface area contributed by atoms with Crippen molar-refractivity contribution in [2.45, 2.75) is 46.4 Å². The van der Waals surface area contributed by atoms with Crippen LogP contribution < -0.4 is 10.1 Å². The summed E-state index contributed by atoms with van der Waals surface area (Å²) in [6, 6.07) is 24.8. The van der Waals surface area contributed by atoms with Crippen LogP contribution in [0.25, 0.3) is 0 Å². The van der Waals surface area contributed by atoms with Crippen molar-refractivity contribution in [2.75, 3.05) is 6.54 Å². The topological polar surface area (TPSA) is 71.8 Å². The van der Waals surface area contributed by atoms with Crippen LogP contribution in [0.2, 0.25) is 0 Å². The predicted octanol–water partition coefficient (Wildman–Crippen LogP) is 6.45. The summed E-state index contributed by atoms with van der Waals surface area (Å²) in [6.45, 7) is 6.76. The van der Waals surface area contributed by atoms with Gasteiger partial charge in [-0.25, -0.2) is 4.39 Å². The van der Waals surface area contributed by atoms with Crippen molar-refractivity contribution < 1.29 is 23.1 Å². The summed E-state index contributed by atoms with van der Waals surface area (Å²) in [6.07, 6.45) is 0.697. The monoisotopic (exact) mass is 540 g/mol. The van der Waals surface area contributed by atoms with E-state index in [4.69, 9.17) is 9.15 Å². The molecule has 0 radical (unpaired) electrons. The molecule has 4 aromatic rings. The van der Waals surface area contributed by atoms with E-state index in [1.807, 2.05) is 80.3 Å². The number of ether oxygens (including phenoxy) is 1. The first kappa shape index (κ1) is 27.2. The number of hydrogen-bond acceptors (Lipinski definition) is 4. The maximum absolute atomic E-state index is 14.3. The maximum atomic E-state index is 14.3. The van der Waals surface area contributed by atoms with Crippen LogP contribution in [0.3, 0.4) is 0 Å². The molecule has 0 aliphatic carbocycles.